The molecule has 0 radical (unpaired) electrons. The molecule has 0 unspecified atom stereocenters. The fraction of sp³-hybridized carbons (Fsp3) is 0.684. The number of hydrogen-bond donors (Lipinski definition) is 1. The number of aliphatic imine (C=N–C) groups is 1. The fourth-order valence-corrected chi connectivity index (χ4v) is 3.82. The van der Waals surface area contributed by atoms with E-state index in [1.54, 1.807) is 0 Å². The zero-order valence-electron chi connectivity index (χ0n) is 16.5. The van der Waals surface area contributed by atoms with Crippen molar-refractivity contribution >= 4 is 52.2 Å². The lowest BCUT2D eigenvalue weighted by molar-refractivity contribution is -0.140. The average molecular weight is 508 g/mol. The predicted molar refractivity (Wildman–Crippen MR) is 125 cm³/mol. The largest absolute Gasteiger partial charge is 0.469 e. The molecule has 2 heterocycles. The topological polar surface area (TPSA) is 57.2 Å². The molecule has 0 spiro atoms. The third kappa shape index (κ3) is 8.68. The summed E-state index contributed by atoms with van der Waals surface area (Å²) in [5.41, 5.74) is 0. The number of guanidine groups is 1. The van der Waals surface area contributed by atoms with E-state index < -0.39 is 0 Å². The molecule has 1 fully saturated rings. The number of thiophene rings is 1. The smallest absolute Gasteiger partial charge is 0.305 e. The predicted octanol–water partition coefficient (Wildman–Crippen LogP) is 3.58. The van der Waals surface area contributed by atoms with Gasteiger partial charge >= 0.3 is 5.97 Å². The third-order valence-corrected chi connectivity index (χ3v) is 5.44. The molecule has 1 aromatic rings. The number of carbonyl (C=O) groups excluding carboxylic acids is 1. The number of piperazine rings is 1. The van der Waals surface area contributed by atoms with E-state index in [-0.39, 0.29) is 29.9 Å². The molecule has 0 amide bonds. The zero-order valence-corrected chi connectivity index (χ0v) is 19.6. The Morgan fingerprint density at radius 2 is 1.96 bits per heavy atom. The zero-order chi connectivity index (χ0) is 18.6. The number of methoxy groups -OCH3 is 1. The second-order valence-corrected chi connectivity index (χ2v) is 7.33. The molecule has 27 heavy (non-hydrogen) atoms. The van der Waals surface area contributed by atoms with E-state index in [0.717, 1.165) is 70.9 Å². The van der Waals surface area contributed by atoms with Gasteiger partial charge in [0.2, 0.25) is 0 Å². The molecule has 1 aromatic heterocycles. The highest BCUT2D eigenvalue weighted by atomic mass is 127. The SMILES string of the molecule is CCNC(=NCCCCCCC(=O)OC)N1CCN(c2cccs2)CC1.I. The monoisotopic (exact) mass is 508 g/mol. The molecule has 1 N–H and O–H groups in total. The van der Waals surface area contributed by atoms with E-state index in [2.05, 4.69) is 44.3 Å². The van der Waals surface area contributed by atoms with E-state index in [1.807, 2.05) is 11.3 Å². The first kappa shape index (κ1) is 24.0. The van der Waals surface area contributed by atoms with Gasteiger partial charge in [-0.2, -0.15) is 0 Å². The molecule has 0 atom stereocenters. The van der Waals surface area contributed by atoms with Crippen LogP contribution in [0.2, 0.25) is 0 Å². The van der Waals surface area contributed by atoms with Gasteiger partial charge in [-0.3, -0.25) is 9.79 Å². The lowest BCUT2D eigenvalue weighted by Gasteiger charge is -2.37. The Morgan fingerprint density at radius 1 is 1.22 bits per heavy atom. The van der Waals surface area contributed by atoms with Gasteiger partial charge in [0.25, 0.3) is 0 Å². The van der Waals surface area contributed by atoms with E-state index in [9.17, 15) is 4.79 Å². The van der Waals surface area contributed by atoms with Gasteiger partial charge < -0.3 is 19.9 Å². The van der Waals surface area contributed by atoms with Gasteiger partial charge in [-0.15, -0.1) is 35.3 Å². The maximum Gasteiger partial charge on any atom is 0.305 e. The van der Waals surface area contributed by atoms with Crippen LogP contribution in [0, 0.1) is 0 Å². The summed E-state index contributed by atoms with van der Waals surface area (Å²) in [7, 11) is 1.44. The summed E-state index contributed by atoms with van der Waals surface area (Å²) < 4.78 is 4.66. The van der Waals surface area contributed by atoms with Crippen molar-refractivity contribution < 1.29 is 9.53 Å². The van der Waals surface area contributed by atoms with Gasteiger partial charge in [0.05, 0.1) is 12.1 Å². The summed E-state index contributed by atoms with van der Waals surface area (Å²) in [5.74, 6) is 0.923. The Hall–Kier alpha value is -1.03. The Kier molecular flexibility index (Phi) is 12.5. The molecule has 154 valence electrons. The number of halogens is 1. The lowest BCUT2D eigenvalue weighted by Crippen LogP contribution is -2.52. The van der Waals surface area contributed by atoms with E-state index in [0.29, 0.717) is 6.42 Å². The minimum atomic E-state index is -0.112. The van der Waals surface area contributed by atoms with E-state index in [1.165, 1.54) is 12.1 Å². The highest BCUT2D eigenvalue weighted by Gasteiger charge is 2.20. The van der Waals surface area contributed by atoms with Gasteiger partial charge in [0.1, 0.15) is 0 Å². The maximum absolute atomic E-state index is 11.1. The molecule has 0 aliphatic carbocycles. The molecule has 0 bridgehead atoms. The summed E-state index contributed by atoms with van der Waals surface area (Å²) in [6, 6.07) is 4.31. The van der Waals surface area contributed by atoms with Crippen molar-refractivity contribution in [2.45, 2.75) is 39.0 Å². The van der Waals surface area contributed by atoms with Gasteiger partial charge in [-0.05, 0) is 37.3 Å². The second-order valence-electron chi connectivity index (χ2n) is 6.40. The summed E-state index contributed by atoms with van der Waals surface area (Å²) in [6.07, 6.45) is 4.65. The number of ether oxygens (including phenoxy) is 1. The molecule has 1 aliphatic heterocycles. The highest BCUT2D eigenvalue weighted by molar-refractivity contribution is 14.0. The minimum absolute atomic E-state index is 0. The molecule has 0 saturated carbocycles. The summed E-state index contributed by atoms with van der Waals surface area (Å²) in [4.78, 5) is 20.7. The molecule has 1 aliphatic rings. The van der Waals surface area contributed by atoms with Crippen LogP contribution >= 0.6 is 35.3 Å². The third-order valence-electron chi connectivity index (χ3n) is 4.51. The van der Waals surface area contributed by atoms with E-state index in [4.69, 9.17) is 4.99 Å². The first-order chi connectivity index (χ1) is 12.7. The molecule has 6 nitrogen and oxygen atoms in total. The van der Waals surface area contributed by atoms with Crippen LogP contribution in [0.15, 0.2) is 22.5 Å². The standard InChI is InChI=1S/C19H32N4O2S.HI/c1-3-20-19(21-11-7-5-4-6-10-18(24)25-2)23-14-12-22(13-15-23)17-9-8-16-26-17;/h8-9,16H,3-7,10-15H2,1-2H3,(H,20,21);1H. The van der Waals surface area contributed by atoms with Gasteiger partial charge in [-0.25, -0.2) is 0 Å². The van der Waals surface area contributed by atoms with Crippen molar-refractivity contribution in [3.63, 3.8) is 0 Å². The Morgan fingerprint density at radius 3 is 2.59 bits per heavy atom. The van der Waals surface area contributed by atoms with E-state index >= 15 is 0 Å². The van der Waals surface area contributed by atoms with Crippen molar-refractivity contribution in [2.75, 3.05) is 51.3 Å². The van der Waals surface area contributed by atoms with Crippen molar-refractivity contribution in [3.8, 4) is 0 Å². The second kappa shape index (κ2) is 14.0. The summed E-state index contributed by atoms with van der Waals surface area (Å²) in [6.45, 7) is 7.93. The first-order valence-electron chi connectivity index (χ1n) is 9.63. The van der Waals surface area contributed by atoms with Crippen molar-refractivity contribution in [1.82, 2.24) is 10.2 Å². The van der Waals surface area contributed by atoms with Gasteiger partial charge in [0, 0.05) is 45.7 Å². The van der Waals surface area contributed by atoms with Crippen LogP contribution in [0.5, 0.6) is 0 Å². The highest BCUT2D eigenvalue weighted by Crippen LogP contribution is 2.22. The van der Waals surface area contributed by atoms with Crippen molar-refractivity contribution in [1.29, 1.82) is 0 Å². The van der Waals surface area contributed by atoms with Crippen LogP contribution in [0.3, 0.4) is 0 Å². The lowest BCUT2D eigenvalue weighted by atomic mass is 10.1. The Bertz CT molecular complexity index is 546. The number of unbranched alkanes of at least 4 members (excludes halogenated alkanes) is 3. The van der Waals surface area contributed by atoms with Crippen LogP contribution < -0.4 is 10.2 Å². The van der Waals surface area contributed by atoms with Crippen LogP contribution in [-0.2, 0) is 9.53 Å². The maximum atomic E-state index is 11.1. The molecular weight excluding hydrogens is 475 g/mol. The van der Waals surface area contributed by atoms with Crippen LogP contribution in [-0.4, -0.2) is 63.2 Å². The van der Waals surface area contributed by atoms with Crippen molar-refractivity contribution in [2.24, 2.45) is 4.99 Å². The quantitative estimate of drug-likeness (QED) is 0.182. The number of anilines is 1. The van der Waals surface area contributed by atoms with Crippen LogP contribution in [0.4, 0.5) is 5.00 Å². The molecule has 0 aromatic carbocycles. The molecular formula is C19H33IN4O2S. The molecule has 1 saturated heterocycles. The first-order valence-corrected chi connectivity index (χ1v) is 10.5. The van der Waals surface area contributed by atoms with Gasteiger partial charge in [-0.1, -0.05) is 12.8 Å². The molecule has 8 heteroatoms. The fourth-order valence-electron chi connectivity index (χ4n) is 3.04. The minimum Gasteiger partial charge on any atom is -0.469 e. The average Bonchev–Trinajstić information content (AvgIpc) is 3.21. The number of esters is 1. The number of hydrogen-bond acceptors (Lipinski definition) is 5. The number of rotatable bonds is 9. The van der Waals surface area contributed by atoms with Crippen molar-refractivity contribution in [3.05, 3.63) is 17.5 Å². The Balaban J connectivity index is 0.00000364. The normalized spacial score (nSPS) is 14.7. The number of nitrogens with one attached hydrogen (secondary N) is 1. The molecule has 2 rings (SSSR count). The Labute approximate surface area is 184 Å². The van der Waals surface area contributed by atoms with Gasteiger partial charge in [0.15, 0.2) is 5.96 Å². The summed E-state index contributed by atoms with van der Waals surface area (Å²) >= 11 is 1.81. The van der Waals surface area contributed by atoms with Crippen LogP contribution in [0.25, 0.3) is 0 Å². The summed E-state index contributed by atoms with van der Waals surface area (Å²) in [5, 5.41) is 6.92. The number of nitrogens with zero attached hydrogens (tertiary/aromatic N) is 3. The number of carbonyl (C=O) groups is 1. The van der Waals surface area contributed by atoms with Crippen LogP contribution in [0.1, 0.15) is 39.0 Å².